The normalized spacial score (nSPS) is 12.3. The molecule has 0 aliphatic heterocycles. The Kier molecular flexibility index (Phi) is 8.36. The van der Waals surface area contributed by atoms with Crippen molar-refractivity contribution in [2.24, 2.45) is 5.92 Å². The zero-order valence-corrected chi connectivity index (χ0v) is 12.2. The van der Waals surface area contributed by atoms with Crippen LogP contribution in [-0.2, 0) is 0 Å². The van der Waals surface area contributed by atoms with E-state index in [4.69, 9.17) is 7.85 Å². The predicted molar refractivity (Wildman–Crippen MR) is 78.5 cm³/mol. The highest BCUT2D eigenvalue weighted by Gasteiger charge is 2.21. The molecule has 5 heteroatoms. The number of anilines is 1. The van der Waals surface area contributed by atoms with E-state index in [-0.39, 0.29) is 12.3 Å². The first-order valence-corrected chi connectivity index (χ1v) is 6.70. The van der Waals surface area contributed by atoms with Gasteiger partial charge < -0.3 is 5.32 Å². The van der Waals surface area contributed by atoms with E-state index in [1.165, 1.54) is 0 Å². The van der Waals surface area contributed by atoms with Crippen LogP contribution in [-0.4, -0.2) is 25.3 Å². The Morgan fingerprint density at radius 3 is 2.47 bits per heavy atom. The van der Waals surface area contributed by atoms with Gasteiger partial charge in [-0.3, -0.25) is 0 Å². The Labute approximate surface area is 116 Å². The summed E-state index contributed by atoms with van der Waals surface area (Å²) in [5, 5.41) is 3.10. The molecule has 0 aliphatic carbocycles. The number of halogens is 2. The SMILES string of the molecule is CC.[B]c1ccc(NCC(C)CCC(C)(F)F)nc1. The van der Waals surface area contributed by atoms with Crippen LogP contribution in [0.1, 0.15) is 40.5 Å². The monoisotopic (exact) mass is 268 g/mol. The summed E-state index contributed by atoms with van der Waals surface area (Å²) in [5.41, 5.74) is 0.606. The average Bonchev–Trinajstić information content (AvgIpc) is 2.37. The van der Waals surface area contributed by atoms with Crippen molar-refractivity contribution in [1.82, 2.24) is 4.98 Å². The molecule has 19 heavy (non-hydrogen) atoms. The molecule has 0 aliphatic rings. The van der Waals surface area contributed by atoms with E-state index in [0.29, 0.717) is 24.2 Å². The van der Waals surface area contributed by atoms with Gasteiger partial charge in [0.2, 0.25) is 5.92 Å². The lowest BCUT2D eigenvalue weighted by Gasteiger charge is -2.16. The van der Waals surface area contributed by atoms with Gasteiger partial charge >= 0.3 is 0 Å². The number of rotatable bonds is 6. The second-order valence-electron chi connectivity index (χ2n) is 4.57. The quantitative estimate of drug-likeness (QED) is 0.800. The minimum Gasteiger partial charge on any atom is -0.370 e. The molecule has 0 amide bonds. The maximum Gasteiger partial charge on any atom is 0.245 e. The standard InChI is InChI=1S/C12H17BF2N2.C2H6/c1-9(5-6-12(2,14)15)7-16-11-4-3-10(13)8-17-11;1-2/h3-4,8-9H,5-7H2,1-2H3,(H,16,17);1-2H3. The van der Waals surface area contributed by atoms with Crippen LogP contribution in [0.3, 0.4) is 0 Å². The molecule has 1 rings (SSSR count). The minimum atomic E-state index is -2.58. The molecule has 0 fully saturated rings. The van der Waals surface area contributed by atoms with Crippen molar-refractivity contribution in [2.75, 3.05) is 11.9 Å². The first-order chi connectivity index (χ1) is 8.87. The number of pyridine rings is 1. The van der Waals surface area contributed by atoms with Gasteiger partial charge in [-0.15, -0.1) is 0 Å². The maximum absolute atomic E-state index is 12.6. The molecule has 0 aromatic carbocycles. The Balaban J connectivity index is 0.00000154. The fourth-order valence-corrected chi connectivity index (χ4v) is 1.39. The number of alkyl halides is 2. The summed E-state index contributed by atoms with van der Waals surface area (Å²) in [5.74, 6) is -1.68. The molecule has 0 saturated heterocycles. The molecule has 0 saturated carbocycles. The Morgan fingerprint density at radius 2 is 2.00 bits per heavy atom. The molecule has 0 spiro atoms. The zero-order chi connectivity index (χ0) is 14.9. The molecule has 2 nitrogen and oxygen atoms in total. The van der Waals surface area contributed by atoms with E-state index >= 15 is 0 Å². The molecular formula is C14H23BF2N2. The molecule has 1 unspecified atom stereocenters. The van der Waals surface area contributed by atoms with Gasteiger partial charge in [0, 0.05) is 19.2 Å². The summed E-state index contributed by atoms with van der Waals surface area (Å²) in [4.78, 5) is 4.07. The molecular weight excluding hydrogens is 245 g/mol. The summed E-state index contributed by atoms with van der Waals surface area (Å²) in [6, 6.07) is 3.52. The highest BCUT2D eigenvalue weighted by atomic mass is 19.3. The van der Waals surface area contributed by atoms with Crippen LogP contribution in [0, 0.1) is 5.92 Å². The Bertz CT molecular complexity index is 336. The lowest BCUT2D eigenvalue weighted by atomic mass is 9.99. The summed E-state index contributed by atoms with van der Waals surface area (Å²) in [6.07, 6.45) is 1.98. The molecule has 2 radical (unpaired) electrons. The second kappa shape index (κ2) is 8.89. The van der Waals surface area contributed by atoms with Crippen molar-refractivity contribution < 1.29 is 8.78 Å². The third-order valence-corrected chi connectivity index (χ3v) is 2.49. The molecule has 1 atom stereocenters. The van der Waals surface area contributed by atoms with Crippen LogP contribution in [0.2, 0.25) is 0 Å². The van der Waals surface area contributed by atoms with Crippen molar-refractivity contribution in [3.8, 4) is 0 Å². The van der Waals surface area contributed by atoms with E-state index in [0.717, 1.165) is 6.92 Å². The molecule has 1 aromatic heterocycles. The van der Waals surface area contributed by atoms with Gasteiger partial charge in [0.05, 0.1) is 0 Å². The van der Waals surface area contributed by atoms with E-state index < -0.39 is 5.92 Å². The number of hydrogen-bond acceptors (Lipinski definition) is 2. The van der Waals surface area contributed by atoms with Crippen molar-refractivity contribution in [2.45, 2.75) is 46.5 Å². The van der Waals surface area contributed by atoms with Gasteiger partial charge in [-0.05, 0) is 25.3 Å². The van der Waals surface area contributed by atoms with Gasteiger partial charge in [0.15, 0.2) is 0 Å². The highest BCUT2D eigenvalue weighted by Crippen LogP contribution is 2.21. The minimum absolute atomic E-state index is 0.0784. The highest BCUT2D eigenvalue weighted by molar-refractivity contribution is 6.32. The molecule has 0 bridgehead atoms. The van der Waals surface area contributed by atoms with Crippen molar-refractivity contribution in [3.63, 3.8) is 0 Å². The average molecular weight is 268 g/mol. The van der Waals surface area contributed by atoms with Gasteiger partial charge in [-0.2, -0.15) is 0 Å². The van der Waals surface area contributed by atoms with Gasteiger partial charge in [-0.1, -0.05) is 32.3 Å². The molecule has 1 heterocycles. The van der Waals surface area contributed by atoms with Crippen molar-refractivity contribution in [1.29, 1.82) is 0 Å². The number of hydrogen-bond donors (Lipinski definition) is 1. The Hall–Kier alpha value is -1.13. The lowest BCUT2D eigenvalue weighted by Crippen LogP contribution is -2.17. The zero-order valence-electron chi connectivity index (χ0n) is 12.2. The Morgan fingerprint density at radius 1 is 1.37 bits per heavy atom. The number of aromatic nitrogens is 1. The molecule has 106 valence electrons. The smallest absolute Gasteiger partial charge is 0.245 e. The van der Waals surface area contributed by atoms with Crippen LogP contribution >= 0.6 is 0 Å². The van der Waals surface area contributed by atoms with Crippen LogP contribution in [0.4, 0.5) is 14.6 Å². The van der Waals surface area contributed by atoms with Crippen LogP contribution in [0.5, 0.6) is 0 Å². The predicted octanol–water partition coefficient (Wildman–Crippen LogP) is 3.39. The van der Waals surface area contributed by atoms with Crippen molar-refractivity contribution >= 4 is 19.1 Å². The van der Waals surface area contributed by atoms with E-state index in [2.05, 4.69) is 10.3 Å². The summed E-state index contributed by atoms with van der Waals surface area (Å²) >= 11 is 0. The summed E-state index contributed by atoms with van der Waals surface area (Å²) < 4.78 is 25.3. The molecule has 1 N–H and O–H groups in total. The van der Waals surface area contributed by atoms with Gasteiger partial charge in [0.25, 0.3) is 0 Å². The van der Waals surface area contributed by atoms with E-state index in [1.807, 2.05) is 20.8 Å². The second-order valence-corrected chi connectivity index (χ2v) is 4.57. The third-order valence-electron chi connectivity index (χ3n) is 2.49. The molecule has 1 aromatic rings. The van der Waals surface area contributed by atoms with E-state index in [1.54, 1.807) is 18.3 Å². The largest absolute Gasteiger partial charge is 0.370 e. The van der Waals surface area contributed by atoms with Crippen LogP contribution in [0.15, 0.2) is 18.3 Å². The first kappa shape index (κ1) is 17.9. The van der Waals surface area contributed by atoms with Crippen LogP contribution in [0.25, 0.3) is 0 Å². The summed E-state index contributed by atoms with van der Waals surface area (Å²) in [6.45, 7) is 7.53. The number of nitrogens with zero attached hydrogens (tertiary/aromatic N) is 1. The first-order valence-electron chi connectivity index (χ1n) is 6.70. The van der Waals surface area contributed by atoms with Crippen molar-refractivity contribution in [3.05, 3.63) is 18.3 Å². The fraction of sp³-hybridized carbons (Fsp3) is 0.643. The topological polar surface area (TPSA) is 24.9 Å². The van der Waals surface area contributed by atoms with E-state index in [9.17, 15) is 8.78 Å². The lowest BCUT2D eigenvalue weighted by molar-refractivity contribution is 0.00766. The maximum atomic E-state index is 12.6. The van der Waals surface area contributed by atoms with Gasteiger partial charge in [0.1, 0.15) is 13.7 Å². The number of nitrogens with one attached hydrogen (secondary N) is 1. The summed E-state index contributed by atoms with van der Waals surface area (Å²) in [7, 11) is 5.50. The third kappa shape index (κ3) is 9.45. The van der Waals surface area contributed by atoms with Gasteiger partial charge in [-0.25, -0.2) is 13.8 Å². The fourth-order valence-electron chi connectivity index (χ4n) is 1.39. The van der Waals surface area contributed by atoms with Crippen LogP contribution < -0.4 is 10.8 Å².